The van der Waals surface area contributed by atoms with Crippen LogP contribution in [0.25, 0.3) is 0 Å². The van der Waals surface area contributed by atoms with Crippen LogP contribution in [0, 0.1) is 0 Å². The summed E-state index contributed by atoms with van der Waals surface area (Å²) in [4.78, 5) is 21.4. The zero-order chi connectivity index (χ0) is 18.8. The lowest BCUT2D eigenvalue weighted by Crippen LogP contribution is -2.43. The highest BCUT2D eigenvalue weighted by Crippen LogP contribution is 2.38. The van der Waals surface area contributed by atoms with Gasteiger partial charge in [0.15, 0.2) is 5.17 Å². The van der Waals surface area contributed by atoms with Gasteiger partial charge < -0.3 is 0 Å². The predicted molar refractivity (Wildman–Crippen MR) is 116 cm³/mol. The molecule has 4 rings (SSSR count). The molecule has 2 aliphatic heterocycles. The molecule has 0 aliphatic carbocycles. The molecule has 1 atom stereocenters. The number of carbonyl (C=O) groups excluding carboxylic acids is 1. The SMILES string of the molecule is CC(C)c1ccccc1N=C1SCCCN1C(=O)C1Cc2ccccc2S1. The molecular formula is C22H24N2OS2. The summed E-state index contributed by atoms with van der Waals surface area (Å²) in [5.41, 5.74) is 3.50. The van der Waals surface area contributed by atoms with E-state index in [4.69, 9.17) is 4.99 Å². The summed E-state index contributed by atoms with van der Waals surface area (Å²) in [6.45, 7) is 5.13. The first-order chi connectivity index (χ1) is 13.1. The number of hydrogen-bond donors (Lipinski definition) is 0. The maximum absolute atomic E-state index is 13.3. The molecule has 2 aromatic carbocycles. The van der Waals surface area contributed by atoms with Crippen molar-refractivity contribution in [3.05, 3.63) is 59.7 Å². The average Bonchev–Trinajstić information content (AvgIpc) is 3.12. The van der Waals surface area contributed by atoms with Crippen molar-refractivity contribution in [3.63, 3.8) is 0 Å². The normalized spacial score (nSPS) is 20.9. The monoisotopic (exact) mass is 396 g/mol. The molecule has 0 spiro atoms. The van der Waals surface area contributed by atoms with Gasteiger partial charge >= 0.3 is 0 Å². The van der Waals surface area contributed by atoms with Gasteiger partial charge in [0.25, 0.3) is 0 Å². The van der Waals surface area contributed by atoms with Gasteiger partial charge in [-0.3, -0.25) is 9.69 Å². The van der Waals surface area contributed by atoms with Crippen molar-refractivity contribution in [3.8, 4) is 0 Å². The van der Waals surface area contributed by atoms with E-state index >= 15 is 0 Å². The third-order valence-corrected chi connectivity index (χ3v) is 7.32. The maximum Gasteiger partial charge on any atom is 0.242 e. The minimum absolute atomic E-state index is 0.0355. The van der Waals surface area contributed by atoms with Crippen molar-refractivity contribution in [1.29, 1.82) is 0 Å². The van der Waals surface area contributed by atoms with Gasteiger partial charge in [-0.2, -0.15) is 0 Å². The van der Waals surface area contributed by atoms with E-state index in [0.29, 0.717) is 5.92 Å². The first-order valence-corrected chi connectivity index (χ1v) is 11.4. The molecule has 0 saturated carbocycles. The van der Waals surface area contributed by atoms with E-state index < -0.39 is 0 Å². The number of fused-ring (bicyclic) bond motifs is 1. The molecule has 140 valence electrons. The number of amidine groups is 1. The van der Waals surface area contributed by atoms with Crippen LogP contribution in [0.4, 0.5) is 5.69 Å². The molecule has 0 aromatic heterocycles. The van der Waals surface area contributed by atoms with Crippen LogP contribution in [0.2, 0.25) is 0 Å². The number of aliphatic imine (C=N–C) groups is 1. The number of benzene rings is 2. The second-order valence-corrected chi connectivity index (χ2v) is 9.52. The Kier molecular flexibility index (Phi) is 5.60. The Labute approximate surface area is 169 Å². The minimum Gasteiger partial charge on any atom is -0.290 e. The van der Waals surface area contributed by atoms with Crippen LogP contribution < -0.4 is 0 Å². The standard InChI is InChI=1S/C22H24N2OS2/c1-15(2)17-9-4-5-10-18(17)23-22-24(12-7-13-26-22)21(25)20-14-16-8-3-6-11-19(16)27-20/h3-6,8-11,15,20H,7,12-14H2,1-2H3. The molecular weight excluding hydrogens is 372 g/mol. The second-order valence-electron chi connectivity index (χ2n) is 7.22. The van der Waals surface area contributed by atoms with Crippen LogP contribution in [-0.2, 0) is 11.2 Å². The van der Waals surface area contributed by atoms with Crippen molar-refractivity contribution in [2.75, 3.05) is 12.3 Å². The van der Waals surface area contributed by atoms with Crippen LogP contribution in [0.3, 0.4) is 0 Å². The van der Waals surface area contributed by atoms with Crippen LogP contribution >= 0.6 is 23.5 Å². The number of thioether (sulfide) groups is 2. The van der Waals surface area contributed by atoms with Gasteiger partial charge in [-0.25, -0.2) is 4.99 Å². The minimum atomic E-state index is -0.0355. The summed E-state index contributed by atoms with van der Waals surface area (Å²) in [6, 6.07) is 16.6. The molecule has 1 saturated heterocycles. The molecule has 0 radical (unpaired) electrons. The molecule has 2 aliphatic rings. The highest BCUT2D eigenvalue weighted by Gasteiger charge is 2.34. The van der Waals surface area contributed by atoms with Crippen LogP contribution in [0.1, 0.15) is 37.3 Å². The highest BCUT2D eigenvalue weighted by molar-refractivity contribution is 8.13. The third-order valence-electron chi connectivity index (χ3n) is 4.95. The van der Waals surface area contributed by atoms with Crippen molar-refractivity contribution in [1.82, 2.24) is 4.90 Å². The van der Waals surface area contributed by atoms with Crippen molar-refractivity contribution < 1.29 is 4.79 Å². The van der Waals surface area contributed by atoms with Crippen LogP contribution in [-0.4, -0.2) is 33.5 Å². The van der Waals surface area contributed by atoms with E-state index in [-0.39, 0.29) is 11.2 Å². The lowest BCUT2D eigenvalue weighted by atomic mass is 10.0. The molecule has 0 bridgehead atoms. The summed E-state index contributed by atoms with van der Waals surface area (Å²) in [7, 11) is 0. The first-order valence-electron chi connectivity index (χ1n) is 9.50. The Morgan fingerprint density at radius 1 is 1.15 bits per heavy atom. The Balaban J connectivity index is 1.59. The highest BCUT2D eigenvalue weighted by atomic mass is 32.2. The Bertz CT molecular complexity index is 853. The lowest BCUT2D eigenvalue weighted by Gasteiger charge is -2.30. The Morgan fingerprint density at radius 2 is 1.93 bits per heavy atom. The fourth-order valence-electron chi connectivity index (χ4n) is 3.53. The topological polar surface area (TPSA) is 32.7 Å². The zero-order valence-corrected chi connectivity index (χ0v) is 17.4. The predicted octanol–water partition coefficient (Wildman–Crippen LogP) is 5.48. The summed E-state index contributed by atoms with van der Waals surface area (Å²) in [6.07, 6.45) is 1.84. The molecule has 2 aromatic rings. The number of rotatable bonds is 3. The molecule has 5 heteroatoms. The lowest BCUT2D eigenvalue weighted by molar-refractivity contribution is -0.126. The molecule has 0 N–H and O–H groups in total. The number of para-hydroxylation sites is 1. The van der Waals surface area contributed by atoms with Crippen LogP contribution in [0.5, 0.6) is 0 Å². The van der Waals surface area contributed by atoms with Gasteiger partial charge in [0, 0.05) is 17.2 Å². The van der Waals surface area contributed by atoms with Gasteiger partial charge in [0.05, 0.1) is 10.9 Å². The molecule has 1 unspecified atom stereocenters. The van der Waals surface area contributed by atoms with E-state index in [9.17, 15) is 4.79 Å². The van der Waals surface area contributed by atoms with Gasteiger partial charge in [0.2, 0.25) is 5.91 Å². The van der Waals surface area contributed by atoms with Crippen molar-refractivity contribution in [2.45, 2.75) is 42.8 Å². The number of amides is 1. The first kappa shape index (κ1) is 18.6. The third kappa shape index (κ3) is 3.94. The van der Waals surface area contributed by atoms with Gasteiger partial charge in [0.1, 0.15) is 0 Å². The molecule has 2 heterocycles. The second kappa shape index (κ2) is 8.11. The van der Waals surface area contributed by atoms with Gasteiger partial charge in [-0.15, -0.1) is 11.8 Å². The fourth-order valence-corrected chi connectivity index (χ4v) is 5.74. The van der Waals surface area contributed by atoms with E-state index in [2.05, 4.69) is 50.2 Å². The molecule has 3 nitrogen and oxygen atoms in total. The molecule has 27 heavy (non-hydrogen) atoms. The molecule has 1 fully saturated rings. The largest absolute Gasteiger partial charge is 0.290 e. The summed E-state index contributed by atoms with van der Waals surface area (Å²) in [5.74, 6) is 1.62. The van der Waals surface area contributed by atoms with Crippen LogP contribution in [0.15, 0.2) is 58.4 Å². The van der Waals surface area contributed by atoms with Crippen molar-refractivity contribution in [2.24, 2.45) is 4.99 Å². The van der Waals surface area contributed by atoms with E-state index in [1.54, 1.807) is 23.5 Å². The van der Waals surface area contributed by atoms with Crippen molar-refractivity contribution >= 4 is 40.3 Å². The number of carbonyl (C=O) groups is 1. The van der Waals surface area contributed by atoms with Gasteiger partial charge in [-0.1, -0.05) is 62.0 Å². The number of nitrogens with zero attached hydrogens (tertiary/aromatic N) is 2. The summed E-state index contributed by atoms with van der Waals surface area (Å²) >= 11 is 3.40. The summed E-state index contributed by atoms with van der Waals surface area (Å²) < 4.78 is 0. The van der Waals surface area contributed by atoms with E-state index in [0.717, 1.165) is 36.0 Å². The quantitative estimate of drug-likeness (QED) is 0.689. The Morgan fingerprint density at radius 3 is 2.74 bits per heavy atom. The molecule has 1 amide bonds. The van der Waals surface area contributed by atoms with Gasteiger partial charge in [-0.05, 0) is 42.0 Å². The summed E-state index contributed by atoms with van der Waals surface area (Å²) in [5, 5.41) is 0.822. The Hall–Kier alpha value is -1.72. The number of hydrogen-bond acceptors (Lipinski definition) is 4. The van der Waals surface area contributed by atoms with E-state index in [1.165, 1.54) is 16.0 Å². The zero-order valence-electron chi connectivity index (χ0n) is 15.7. The maximum atomic E-state index is 13.3. The average molecular weight is 397 g/mol. The fraction of sp³-hybridized carbons (Fsp3) is 0.364. The smallest absolute Gasteiger partial charge is 0.242 e. The van der Waals surface area contributed by atoms with E-state index in [1.807, 2.05) is 17.0 Å².